The molecule has 0 atom stereocenters. The fourth-order valence-corrected chi connectivity index (χ4v) is 2.29. The Morgan fingerprint density at radius 3 is 2.44 bits per heavy atom. The van der Waals surface area contributed by atoms with E-state index in [0.717, 1.165) is 17.5 Å². The fourth-order valence-electron chi connectivity index (χ4n) is 1.53. The number of hydrogen-bond acceptors (Lipinski definition) is 2. The molecule has 0 saturated carbocycles. The number of aryl methyl sites for hydroxylation is 1. The van der Waals surface area contributed by atoms with Gasteiger partial charge >= 0.3 is 5.97 Å². The third-order valence-electron chi connectivity index (χ3n) is 2.51. The van der Waals surface area contributed by atoms with Crippen LogP contribution in [-0.4, -0.2) is 11.1 Å². The number of carboxylic acids is 1. The molecule has 0 spiro atoms. The average Bonchev–Trinajstić information content (AvgIpc) is 2.78. The topological polar surface area (TPSA) is 37.3 Å². The quantitative estimate of drug-likeness (QED) is 0.876. The van der Waals surface area contributed by atoms with Crippen molar-refractivity contribution in [3.05, 3.63) is 46.2 Å². The van der Waals surface area contributed by atoms with E-state index in [1.807, 2.05) is 17.5 Å². The van der Waals surface area contributed by atoms with Gasteiger partial charge in [0.05, 0.1) is 0 Å². The molecule has 2 rings (SSSR count). The van der Waals surface area contributed by atoms with Crippen LogP contribution in [0.25, 0.3) is 11.1 Å². The van der Waals surface area contributed by atoms with Crippen molar-refractivity contribution in [2.24, 2.45) is 0 Å². The Morgan fingerprint density at radius 2 is 1.94 bits per heavy atom. The van der Waals surface area contributed by atoms with Gasteiger partial charge in [0.2, 0.25) is 0 Å². The van der Waals surface area contributed by atoms with Crippen LogP contribution in [0.4, 0.5) is 0 Å². The highest BCUT2D eigenvalue weighted by atomic mass is 32.1. The van der Waals surface area contributed by atoms with Crippen molar-refractivity contribution in [3.8, 4) is 11.1 Å². The first kappa shape index (κ1) is 10.9. The Bertz CT molecular complexity index is 497. The Morgan fingerprint density at radius 1 is 1.25 bits per heavy atom. The van der Waals surface area contributed by atoms with E-state index in [9.17, 15) is 4.79 Å². The summed E-state index contributed by atoms with van der Waals surface area (Å²) >= 11 is 1.26. The molecule has 16 heavy (non-hydrogen) atoms. The lowest BCUT2D eigenvalue weighted by atomic mass is 10.1. The number of carbonyl (C=O) groups is 1. The second kappa shape index (κ2) is 4.49. The summed E-state index contributed by atoms with van der Waals surface area (Å²) in [6, 6.07) is 9.94. The number of hydrogen-bond donors (Lipinski definition) is 1. The Labute approximate surface area is 98.2 Å². The maximum Gasteiger partial charge on any atom is 0.345 e. The smallest absolute Gasteiger partial charge is 0.345 e. The molecule has 0 bridgehead atoms. The Balaban J connectivity index is 2.31. The van der Waals surface area contributed by atoms with Gasteiger partial charge in [0.15, 0.2) is 0 Å². The van der Waals surface area contributed by atoms with E-state index in [0.29, 0.717) is 4.88 Å². The van der Waals surface area contributed by atoms with E-state index in [-0.39, 0.29) is 0 Å². The lowest BCUT2D eigenvalue weighted by Crippen LogP contribution is -1.89. The summed E-state index contributed by atoms with van der Waals surface area (Å²) < 4.78 is 0. The third kappa shape index (κ3) is 2.14. The van der Waals surface area contributed by atoms with Gasteiger partial charge in [-0.05, 0) is 34.6 Å². The van der Waals surface area contributed by atoms with Gasteiger partial charge < -0.3 is 5.11 Å². The van der Waals surface area contributed by atoms with Crippen molar-refractivity contribution in [2.75, 3.05) is 0 Å². The first-order chi connectivity index (χ1) is 7.70. The van der Waals surface area contributed by atoms with E-state index >= 15 is 0 Å². The molecule has 0 aliphatic carbocycles. The van der Waals surface area contributed by atoms with Crippen molar-refractivity contribution in [1.29, 1.82) is 0 Å². The summed E-state index contributed by atoms with van der Waals surface area (Å²) in [6.45, 7) is 2.11. The van der Waals surface area contributed by atoms with Crippen LogP contribution >= 0.6 is 11.3 Å². The fraction of sp³-hybridized carbons (Fsp3) is 0.154. The SMILES string of the molecule is CCc1ccc(-c2csc(C(=O)O)c2)cc1. The Hall–Kier alpha value is -1.61. The van der Waals surface area contributed by atoms with Crippen LogP contribution in [0.15, 0.2) is 35.7 Å². The molecule has 1 aromatic heterocycles. The van der Waals surface area contributed by atoms with Crippen molar-refractivity contribution in [1.82, 2.24) is 0 Å². The molecule has 1 N–H and O–H groups in total. The van der Waals surface area contributed by atoms with Crippen LogP contribution in [0.1, 0.15) is 22.2 Å². The molecule has 2 aromatic rings. The maximum absolute atomic E-state index is 10.8. The molecule has 0 fully saturated rings. The summed E-state index contributed by atoms with van der Waals surface area (Å²) in [6.07, 6.45) is 1.02. The largest absolute Gasteiger partial charge is 0.477 e. The number of carboxylic acid groups (broad SMARTS) is 1. The van der Waals surface area contributed by atoms with Gasteiger partial charge in [0.25, 0.3) is 0 Å². The zero-order valence-electron chi connectivity index (χ0n) is 8.93. The highest BCUT2D eigenvalue weighted by Crippen LogP contribution is 2.25. The lowest BCUT2D eigenvalue weighted by Gasteiger charge is -1.99. The third-order valence-corrected chi connectivity index (χ3v) is 3.42. The highest BCUT2D eigenvalue weighted by molar-refractivity contribution is 7.12. The lowest BCUT2D eigenvalue weighted by molar-refractivity contribution is 0.0702. The molecule has 0 unspecified atom stereocenters. The maximum atomic E-state index is 10.8. The summed E-state index contributed by atoms with van der Waals surface area (Å²) in [5, 5.41) is 10.7. The molecule has 0 radical (unpaired) electrons. The second-order valence-electron chi connectivity index (χ2n) is 3.56. The van der Waals surface area contributed by atoms with Crippen LogP contribution in [0, 0.1) is 0 Å². The molecular weight excluding hydrogens is 220 g/mol. The van der Waals surface area contributed by atoms with E-state index in [2.05, 4.69) is 19.1 Å². The number of thiophene rings is 1. The molecule has 1 aromatic carbocycles. The standard InChI is InChI=1S/C13H12O2S/c1-2-9-3-5-10(6-4-9)11-7-12(13(14)15)16-8-11/h3-8H,2H2,1H3,(H,14,15). The van der Waals surface area contributed by atoms with Gasteiger partial charge in [0, 0.05) is 0 Å². The summed E-state index contributed by atoms with van der Waals surface area (Å²) in [7, 11) is 0. The molecule has 0 aliphatic heterocycles. The molecule has 0 amide bonds. The molecular formula is C13H12O2S. The number of rotatable bonds is 3. The van der Waals surface area contributed by atoms with Crippen LogP contribution in [-0.2, 0) is 6.42 Å². The summed E-state index contributed by atoms with van der Waals surface area (Å²) in [4.78, 5) is 11.1. The van der Waals surface area contributed by atoms with Crippen molar-refractivity contribution >= 4 is 17.3 Å². The molecule has 0 saturated heterocycles. The number of benzene rings is 1. The minimum Gasteiger partial charge on any atom is -0.477 e. The first-order valence-electron chi connectivity index (χ1n) is 5.12. The molecule has 2 nitrogen and oxygen atoms in total. The van der Waals surface area contributed by atoms with Gasteiger partial charge in [-0.15, -0.1) is 11.3 Å². The van der Waals surface area contributed by atoms with Crippen molar-refractivity contribution < 1.29 is 9.90 Å². The van der Waals surface area contributed by atoms with Gasteiger partial charge in [-0.1, -0.05) is 31.2 Å². The second-order valence-corrected chi connectivity index (χ2v) is 4.47. The van der Waals surface area contributed by atoms with Crippen LogP contribution in [0.3, 0.4) is 0 Å². The molecule has 3 heteroatoms. The van der Waals surface area contributed by atoms with Crippen molar-refractivity contribution in [3.63, 3.8) is 0 Å². The van der Waals surface area contributed by atoms with Crippen LogP contribution in [0.5, 0.6) is 0 Å². The minimum atomic E-state index is -0.860. The predicted octanol–water partition coefficient (Wildman–Crippen LogP) is 3.68. The van der Waals surface area contributed by atoms with Crippen molar-refractivity contribution in [2.45, 2.75) is 13.3 Å². The van der Waals surface area contributed by atoms with Crippen LogP contribution < -0.4 is 0 Å². The number of aromatic carboxylic acids is 1. The van der Waals surface area contributed by atoms with E-state index in [1.54, 1.807) is 6.07 Å². The molecule has 0 aliphatic rings. The zero-order chi connectivity index (χ0) is 11.5. The van der Waals surface area contributed by atoms with Gasteiger partial charge in [0.1, 0.15) is 4.88 Å². The van der Waals surface area contributed by atoms with Crippen LogP contribution in [0.2, 0.25) is 0 Å². The monoisotopic (exact) mass is 232 g/mol. The highest BCUT2D eigenvalue weighted by Gasteiger charge is 2.07. The minimum absolute atomic E-state index is 0.384. The summed E-state index contributed by atoms with van der Waals surface area (Å²) in [5.74, 6) is -0.860. The average molecular weight is 232 g/mol. The molecule has 1 heterocycles. The summed E-state index contributed by atoms with van der Waals surface area (Å²) in [5.41, 5.74) is 3.34. The zero-order valence-corrected chi connectivity index (χ0v) is 9.75. The van der Waals surface area contributed by atoms with E-state index in [1.165, 1.54) is 16.9 Å². The van der Waals surface area contributed by atoms with Gasteiger partial charge in [-0.2, -0.15) is 0 Å². The first-order valence-corrected chi connectivity index (χ1v) is 6.00. The molecule has 82 valence electrons. The van der Waals surface area contributed by atoms with E-state index in [4.69, 9.17) is 5.11 Å². The normalized spacial score (nSPS) is 10.3. The van der Waals surface area contributed by atoms with Gasteiger partial charge in [-0.25, -0.2) is 4.79 Å². The van der Waals surface area contributed by atoms with E-state index < -0.39 is 5.97 Å². The van der Waals surface area contributed by atoms with Gasteiger partial charge in [-0.3, -0.25) is 0 Å². The Kier molecular flexibility index (Phi) is 3.06. The predicted molar refractivity (Wildman–Crippen MR) is 66.1 cm³/mol.